The molecule has 2 rings (SSSR count). The summed E-state index contributed by atoms with van der Waals surface area (Å²) in [4.78, 5) is 3.96. The van der Waals surface area contributed by atoms with E-state index in [1.54, 1.807) is 30.2 Å². The van der Waals surface area contributed by atoms with Crippen LogP contribution in [-0.2, 0) is 7.05 Å². The molecule has 78 valence electrons. The fourth-order valence-electron chi connectivity index (χ4n) is 1.18. The molecule has 0 aliphatic carbocycles. The molecule has 0 radical (unpaired) electrons. The number of nitrogens with two attached hydrogens (primary N) is 1. The van der Waals surface area contributed by atoms with Crippen LogP contribution >= 0.6 is 0 Å². The van der Waals surface area contributed by atoms with Crippen LogP contribution in [0.3, 0.4) is 0 Å². The van der Waals surface area contributed by atoms with Crippen LogP contribution in [0.25, 0.3) is 0 Å². The van der Waals surface area contributed by atoms with E-state index < -0.39 is 0 Å². The van der Waals surface area contributed by atoms with Crippen molar-refractivity contribution in [1.82, 2.24) is 14.8 Å². The summed E-state index contributed by atoms with van der Waals surface area (Å²) < 4.78 is 7.02. The van der Waals surface area contributed by atoms with E-state index in [0.717, 1.165) is 11.3 Å². The van der Waals surface area contributed by atoms with Gasteiger partial charge in [0.2, 0.25) is 0 Å². The lowest BCUT2D eigenvalue weighted by Crippen LogP contribution is -1.92. The molecule has 5 nitrogen and oxygen atoms in total. The maximum absolute atomic E-state index is 5.70. The number of hydrogen-bond donors (Lipinski definition) is 1. The van der Waals surface area contributed by atoms with Crippen molar-refractivity contribution in [2.45, 2.75) is 6.92 Å². The monoisotopic (exact) mass is 204 g/mol. The SMILES string of the molecule is Cc1cc(Oc2ncn(C)n2)ccc1N. The molecule has 0 saturated heterocycles. The molecule has 2 aromatic rings. The van der Waals surface area contributed by atoms with E-state index in [1.807, 2.05) is 13.0 Å². The molecule has 0 aliphatic heterocycles. The first-order chi connectivity index (χ1) is 7.15. The maximum atomic E-state index is 5.70. The van der Waals surface area contributed by atoms with Crippen molar-refractivity contribution in [2.24, 2.45) is 7.05 Å². The molecule has 15 heavy (non-hydrogen) atoms. The minimum absolute atomic E-state index is 0.335. The summed E-state index contributed by atoms with van der Waals surface area (Å²) in [5, 5.41) is 4.01. The highest BCUT2D eigenvalue weighted by atomic mass is 16.5. The smallest absolute Gasteiger partial charge is 0.340 e. The van der Waals surface area contributed by atoms with E-state index >= 15 is 0 Å². The van der Waals surface area contributed by atoms with Crippen LogP contribution < -0.4 is 10.5 Å². The lowest BCUT2D eigenvalue weighted by atomic mass is 10.2. The Labute approximate surface area is 87.5 Å². The van der Waals surface area contributed by atoms with Gasteiger partial charge in [0.05, 0.1) is 0 Å². The van der Waals surface area contributed by atoms with Crippen LogP contribution in [-0.4, -0.2) is 14.8 Å². The van der Waals surface area contributed by atoms with Gasteiger partial charge in [0, 0.05) is 12.7 Å². The number of aryl methyl sites for hydroxylation is 2. The van der Waals surface area contributed by atoms with Crippen LogP contribution in [0.5, 0.6) is 11.8 Å². The summed E-state index contributed by atoms with van der Waals surface area (Å²) in [5.41, 5.74) is 7.42. The molecule has 1 aromatic carbocycles. The number of nitrogens with zero attached hydrogens (tertiary/aromatic N) is 3. The number of aromatic nitrogens is 3. The Balaban J connectivity index is 2.21. The third-order valence-corrected chi connectivity index (χ3v) is 2.03. The van der Waals surface area contributed by atoms with Gasteiger partial charge in [0.25, 0.3) is 0 Å². The Hall–Kier alpha value is -2.04. The van der Waals surface area contributed by atoms with Crippen molar-refractivity contribution < 1.29 is 4.74 Å². The van der Waals surface area contributed by atoms with Crippen LogP contribution in [0.1, 0.15) is 5.56 Å². The predicted octanol–water partition coefficient (Wildman–Crippen LogP) is 1.50. The van der Waals surface area contributed by atoms with Gasteiger partial charge >= 0.3 is 6.01 Å². The van der Waals surface area contributed by atoms with Gasteiger partial charge in [-0.25, -0.2) is 0 Å². The van der Waals surface area contributed by atoms with Crippen molar-refractivity contribution in [1.29, 1.82) is 0 Å². The molecule has 0 amide bonds. The number of hydrogen-bond acceptors (Lipinski definition) is 4. The summed E-state index contributed by atoms with van der Waals surface area (Å²) in [6.45, 7) is 1.92. The Morgan fingerprint density at radius 1 is 1.40 bits per heavy atom. The number of nitrogen functional groups attached to an aromatic ring is 1. The molecule has 5 heteroatoms. The molecular formula is C10H12N4O. The Morgan fingerprint density at radius 3 is 2.80 bits per heavy atom. The number of anilines is 1. The second kappa shape index (κ2) is 3.61. The molecule has 0 bridgehead atoms. The van der Waals surface area contributed by atoms with Gasteiger partial charge in [0.15, 0.2) is 0 Å². The van der Waals surface area contributed by atoms with Crippen LogP contribution in [0.15, 0.2) is 24.5 Å². The van der Waals surface area contributed by atoms with Crippen molar-refractivity contribution in [2.75, 3.05) is 5.73 Å². The zero-order valence-corrected chi connectivity index (χ0v) is 8.64. The van der Waals surface area contributed by atoms with Crippen LogP contribution in [0, 0.1) is 6.92 Å². The minimum atomic E-state index is 0.335. The number of benzene rings is 1. The largest absolute Gasteiger partial charge is 0.423 e. The van der Waals surface area contributed by atoms with Gasteiger partial charge in [-0.3, -0.25) is 4.68 Å². The van der Waals surface area contributed by atoms with E-state index in [4.69, 9.17) is 10.5 Å². The highest BCUT2D eigenvalue weighted by Crippen LogP contribution is 2.21. The second-order valence-electron chi connectivity index (χ2n) is 3.32. The average Bonchev–Trinajstić information content (AvgIpc) is 2.58. The van der Waals surface area contributed by atoms with Crippen LogP contribution in [0.4, 0.5) is 5.69 Å². The van der Waals surface area contributed by atoms with Crippen molar-refractivity contribution in [3.05, 3.63) is 30.1 Å². The fourth-order valence-corrected chi connectivity index (χ4v) is 1.18. The van der Waals surface area contributed by atoms with E-state index in [9.17, 15) is 0 Å². The Kier molecular flexibility index (Phi) is 2.29. The van der Waals surface area contributed by atoms with E-state index in [0.29, 0.717) is 11.8 Å². The second-order valence-corrected chi connectivity index (χ2v) is 3.32. The lowest BCUT2D eigenvalue weighted by Gasteiger charge is -2.03. The van der Waals surface area contributed by atoms with Gasteiger partial charge in [-0.1, -0.05) is 0 Å². The highest BCUT2D eigenvalue weighted by Gasteiger charge is 2.02. The third kappa shape index (κ3) is 2.07. The average molecular weight is 204 g/mol. The number of rotatable bonds is 2. The summed E-state index contributed by atoms with van der Waals surface area (Å²) in [7, 11) is 1.79. The van der Waals surface area contributed by atoms with Gasteiger partial charge in [-0.15, -0.1) is 5.10 Å². The molecule has 0 saturated carbocycles. The quantitative estimate of drug-likeness (QED) is 0.753. The Morgan fingerprint density at radius 2 is 2.20 bits per heavy atom. The van der Waals surface area contributed by atoms with E-state index in [2.05, 4.69) is 10.1 Å². The molecule has 0 atom stereocenters. The first-order valence-corrected chi connectivity index (χ1v) is 4.55. The standard InChI is InChI=1S/C10H12N4O/c1-7-5-8(3-4-9(7)11)15-10-12-6-14(2)13-10/h3-6H,11H2,1-2H3. The van der Waals surface area contributed by atoms with Crippen LogP contribution in [0.2, 0.25) is 0 Å². The third-order valence-electron chi connectivity index (χ3n) is 2.03. The molecule has 0 fully saturated rings. The van der Waals surface area contributed by atoms with E-state index in [1.165, 1.54) is 0 Å². The normalized spacial score (nSPS) is 10.3. The van der Waals surface area contributed by atoms with Crippen molar-refractivity contribution >= 4 is 5.69 Å². The molecule has 2 N–H and O–H groups in total. The number of ether oxygens (including phenoxy) is 1. The van der Waals surface area contributed by atoms with Gasteiger partial charge in [0.1, 0.15) is 12.1 Å². The topological polar surface area (TPSA) is 66.0 Å². The Bertz CT molecular complexity index is 478. The molecule has 0 aliphatic rings. The first kappa shape index (κ1) is 9.51. The first-order valence-electron chi connectivity index (χ1n) is 4.55. The van der Waals surface area contributed by atoms with Crippen molar-refractivity contribution in [3.63, 3.8) is 0 Å². The van der Waals surface area contributed by atoms with Gasteiger partial charge in [-0.05, 0) is 30.7 Å². The molecule has 1 heterocycles. The summed E-state index contributed by atoms with van der Waals surface area (Å²) in [5.74, 6) is 0.688. The zero-order chi connectivity index (χ0) is 10.8. The summed E-state index contributed by atoms with van der Waals surface area (Å²) in [6, 6.07) is 5.78. The minimum Gasteiger partial charge on any atom is -0.423 e. The van der Waals surface area contributed by atoms with Gasteiger partial charge in [-0.2, -0.15) is 4.98 Å². The van der Waals surface area contributed by atoms with E-state index in [-0.39, 0.29) is 0 Å². The van der Waals surface area contributed by atoms with Crippen molar-refractivity contribution in [3.8, 4) is 11.8 Å². The highest BCUT2D eigenvalue weighted by molar-refractivity contribution is 5.49. The molecule has 1 aromatic heterocycles. The predicted molar refractivity (Wildman–Crippen MR) is 56.7 cm³/mol. The zero-order valence-electron chi connectivity index (χ0n) is 8.64. The fraction of sp³-hybridized carbons (Fsp3) is 0.200. The maximum Gasteiger partial charge on any atom is 0.340 e. The lowest BCUT2D eigenvalue weighted by molar-refractivity contribution is 0.438. The molecular weight excluding hydrogens is 192 g/mol. The summed E-state index contributed by atoms with van der Waals surface area (Å²) in [6.07, 6.45) is 1.58. The molecule has 0 spiro atoms. The van der Waals surface area contributed by atoms with Gasteiger partial charge < -0.3 is 10.5 Å². The summed E-state index contributed by atoms with van der Waals surface area (Å²) >= 11 is 0. The molecule has 0 unspecified atom stereocenters.